The Balaban J connectivity index is 3.40. The van der Waals surface area contributed by atoms with Gasteiger partial charge in [-0.05, 0) is 18.6 Å². The summed E-state index contributed by atoms with van der Waals surface area (Å²) < 4.78 is 42.1. The fourth-order valence-corrected chi connectivity index (χ4v) is 1.32. The molecule has 0 saturated carbocycles. The first-order chi connectivity index (χ1) is 6.88. The fourth-order valence-electron chi connectivity index (χ4n) is 1.32. The molecule has 15 heavy (non-hydrogen) atoms. The van der Waals surface area contributed by atoms with Gasteiger partial charge in [0, 0.05) is 0 Å². The maximum absolute atomic E-state index is 12.6. The second-order valence-corrected chi connectivity index (χ2v) is 2.99. The van der Waals surface area contributed by atoms with Crippen molar-refractivity contribution >= 4 is 5.97 Å². The molecular formula is C10H9F3O2. The molecule has 82 valence electrons. The number of carbonyl (C=O) groups is 1. The Labute approximate surface area is 84.7 Å². The third-order valence-electron chi connectivity index (χ3n) is 1.96. The number of hydrogen-bond donors (Lipinski definition) is 0. The molecule has 0 N–H and O–H groups in total. The lowest BCUT2D eigenvalue weighted by Crippen LogP contribution is -2.15. The van der Waals surface area contributed by atoms with Gasteiger partial charge in [-0.15, -0.1) is 0 Å². The van der Waals surface area contributed by atoms with Gasteiger partial charge in [0.05, 0.1) is 18.2 Å². The predicted octanol–water partition coefficient (Wildman–Crippen LogP) is 2.80. The van der Waals surface area contributed by atoms with Crippen molar-refractivity contribution in [1.82, 2.24) is 0 Å². The standard InChI is InChI=1S/C10H9F3O2/c1-6-4-3-5-7(9(14)15-2)8(6)10(11,12)13/h3-5H,1-2H3. The number of aryl methyl sites for hydroxylation is 1. The Morgan fingerprint density at radius 1 is 1.33 bits per heavy atom. The highest BCUT2D eigenvalue weighted by Crippen LogP contribution is 2.34. The van der Waals surface area contributed by atoms with E-state index in [-0.39, 0.29) is 5.56 Å². The summed E-state index contributed by atoms with van der Waals surface area (Å²) in [5.41, 5.74) is -1.38. The molecule has 1 aromatic rings. The minimum absolute atomic E-state index is 0.00500. The summed E-state index contributed by atoms with van der Waals surface area (Å²) in [6, 6.07) is 3.79. The molecular weight excluding hydrogens is 209 g/mol. The molecule has 1 rings (SSSR count). The van der Waals surface area contributed by atoms with Crippen LogP contribution in [0.4, 0.5) is 13.2 Å². The smallest absolute Gasteiger partial charge is 0.417 e. The van der Waals surface area contributed by atoms with Crippen LogP contribution in [0.5, 0.6) is 0 Å². The number of benzene rings is 1. The van der Waals surface area contributed by atoms with Crippen molar-refractivity contribution in [3.05, 3.63) is 34.9 Å². The molecule has 1 aromatic carbocycles. The highest BCUT2D eigenvalue weighted by atomic mass is 19.4. The van der Waals surface area contributed by atoms with Gasteiger partial charge in [0.2, 0.25) is 0 Å². The van der Waals surface area contributed by atoms with E-state index in [9.17, 15) is 18.0 Å². The van der Waals surface area contributed by atoms with Crippen molar-refractivity contribution in [2.45, 2.75) is 13.1 Å². The minimum atomic E-state index is -4.55. The molecule has 0 aliphatic rings. The number of ether oxygens (including phenoxy) is 1. The number of carbonyl (C=O) groups excluding carboxylic acids is 1. The normalized spacial score (nSPS) is 11.3. The molecule has 0 atom stereocenters. The first-order valence-electron chi connectivity index (χ1n) is 4.13. The maximum atomic E-state index is 12.6. The largest absolute Gasteiger partial charge is 0.465 e. The van der Waals surface area contributed by atoms with Crippen molar-refractivity contribution in [1.29, 1.82) is 0 Å². The predicted molar refractivity (Wildman–Crippen MR) is 47.5 cm³/mol. The lowest BCUT2D eigenvalue weighted by atomic mass is 10.0. The molecule has 0 radical (unpaired) electrons. The molecule has 0 unspecified atom stereocenters. The van der Waals surface area contributed by atoms with Crippen LogP contribution in [0, 0.1) is 6.92 Å². The molecule has 0 heterocycles. The molecule has 0 spiro atoms. The second kappa shape index (κ2) is 3.92. The van der Waals surface area contributed by atoms with Crippen LogP contribution in [0.2, 0.25) is 0 Å². The molecule has 0 saturated heterocycles. The maximum Gasteiger partial charge on any atom is 0.417 e. The molecule has 2 nitrogen and oxygen atoms in total. The molecule has 0 fully saturated rings. The van der Waals surface area contributed by atoms with Gasteiger partial charge in [-0.25, -0.2) is 4.79 Å². The molecule has 0 amide bonds. The minimum Gasteiger partial charge on any atom is -0.465 e. The van der Waals surface area contributed by atoms with E-state index in [1.54, 1.807) is 0 Å². The molecule has 0 aromatic heterocycles. The van der Waals surface area contributed by atoms with E-state index in [4.69, 9.17) is 0 Å². The number of methoxy groups -OCH3 is 1. The van der Waals surface area contributed by atoms with Gasteiger partial charge in [-0.3, -0.25) is 0 Å². The second-order valence-electron chi connectivity index (χ2n) is 2.99. The van der Waals surface area contributed by atoms with Crippen LogP contribution in [0.15, 0.2) is 18.2 Å². The SMILES string of the molecule is COC(=O)c1cccc(C)c1C(F)(F)F. The zero-order valence-corrected chi connectivity index (χ0v) is 8.18. The van der Waals surface area contributed by atoms with Gasteiger partial charge < -0.3 is 4.74 Å². The molecule has 0 aliphatic heterocycles. The van der Waals surface area contributed by atoms with Crippen molar-refractivity contribution in [3.63, 3.8) is 0 Å². The first kappa shape index (κ1) is 11.6. The summed E-state index contributed by atoms with van der Waals surface area (Å²) >= 11 is 0. The Morgan fingerprint density at radius 3 is 2.40 bits per heavy atom. The van der Waals surface area contributed by atoms with Crippen LogP contribution in [-0.4, -0.2) is 13.1 Å². The Kier molecular flexibility index (Phi) is 3.02. The summed E-state index contributed by atoms with van der Waals surface area (Å²) in [6.07, 6.45) is -4.55. The Hall–Kier alpha value is -1.52. The monoisotopic (exact) mass is 218 g/mol. The third kappa shape index (κ3) is 2.29. The van der Waals surface area contributed by atoms with E-state index in [0.29, 0.717) is 0 Å². The van der Waals surface area contributed by atoms with Crippen molar-refractivity contribution in [2.24, 2.45) is 0 Å². The highest BCUT2D eigenvalue weighted by molar-refractivity contribution is 5.91. The van der Waals surface area contributed by atoms with Gasteiger partial charge in [-0.1, -0.05) is 12.1 Å². The lowest BCUT2D eigenvalue weighted by molar-refractivity contribution is -0.138. The van der Waals surface area contributed by atoms with Crippen molar-refractivity contribution in [3.8, 4) is 0 Å². The molecule has 0 bridgehead atoms. The summed E-state index contributed by atoms with van der Waals surface area (Å²) in [5.74, 6) is -0.981. The van der Waals surface area contributed by atoms with Crippen LogP contribution in [-0.2, 0) is 10.9 Å². The summed E-state index contributed by atoms with van der Waals surface area (Å²) in [5, 5.41) is 0. The average Bonchev–Trinajstić information content (AvgIpc) is 2.14. The van der Waals surface area contributed by atoms with E-state index < -0.39 is 23.3 Å². The van der Waals surface area contributed by atoms with Crippen LogP contribution >= 0.6 is 0 Å². The zero-order chi connectivity index (χ0) is 11.6. The Morgan fingerprint density at radius 2 is 1.93 bits per heavy atom. The topological polar surface area (TPSA) is 26.3 Å². The van der Waals surface area contributed by atoms with Crippen molar-refractivity contribution < 1.29 is 22.7 Å². The highest BCUT2D eigenvalue weighted by Gasteiger charge is 2.36. The van der Waals surface area contributed by atoms with E-state index in [1.165, 1.54) is 19.1 Å². The summed E-state index contributed by atoms with van der Waals surface area (Å²) in [4.78, 5) is 11.1. The quantitative estimate of drug-likeness (QED) is 0.677. The lowest BCUT2D eigenvalue weighted by Gasteiger charge is -2.13. The number of esters is 1. The van der Waals surface area contributed by atoms with E-state index in [2.05, 4.69) is 4.74 Å². The third-order valence-corrected chi connectivity index (χ3v) is 1.96. The van der Waals surface area contributed by atoms with Crippen LogP contribution in [0.1, 0.15) is 21.5 Å². The van der Waals surface area contributed by atoms with Crippen molar-refractivity contribution in [2.75, 3.05) is 7.11 Å². The van der Waals surface area contributed by atoms with Gasteiger partial charge >= 0.3 is 12.1 Å². The Bertz CT molecular complexity index is 383. The molecule has 5 heteroatoms. The van der Waals surface area contributed by atoms with Gasteiger partial charge in [0.25, 0.3) is 0 Å². The van der Waals surface area contributed by atoms with Gasteiger partial charge in [-0.2, -0.15) is 13.2 Å². The van der Waals surface area contributed by atoms with Crippen LogP contribution in [0.3, 0.4) is 0 Å². The number of hydrogen-bond acceptors (Lipinski definition) is 2. The summed E-state index contributed by atoms with van der Waals surface area (Å²) in [6.45, 7) is 1.30. The van der Waals surface area contributed by atoms with Crippen LogP contribution < -0.4 is 0 Å². The van der Waals surface area contributed by atoms with E-state index >= 15 is 0 Å². The van der Waals surface area contributed by atoms with Gasteiger partial charge in [0.1, 0.15) is 0 Å². The summed E-state index contributed by atoms with van der Waals surface area (Å²) in [7, 11) is 1.05. The van der Waals surface area contributed by atoms with Gasteiger partial charge in [0.15, 0.2) is 0 Å². The average molecular weight is 218 g/mol. The first-order valence-corrected chi connectivity index (χ1v) is 4.13. The van der Waals surface area contributed by atoms with E-state index in [1.807, 2.05) is 0 Å². The fraction of sp³-hybridized carbons (Fsp3) is 0.300. The molecule has 0 aliphatic carbocycles. The zero-order valence-electron chi connectivity index (χ0n) is 8.18. The number of alkyl halides is 3. The van der Waals surface area contributed by atoms with E-state index in [0.717, 1.165) is 13.2 Å². The number of rotatable bonds is 1. The van der Waals surface area contributed by atoms with Crippen LogP contribution in [0.25, 0.3) is 0 Å². The number of halogens is 3.